The molecule has 1 amide bonds. The van der Waals surface area contributed by atoms with Crippen molar-refractivity contribution in [2.45, 2.75) is 25.8 Å². The number of rotatable bonds is 5. The molecule has 2 aromatic carbocycles. The summed E-state index contributed by atoms with van der Waals surface area (Å²) in [5.41, 5.74) is 3.72. The van der Waals surface area contributed by atoms with Gasteiger partial charge >= 0.3 is 0 Å². The van der Waals surface area contributed by atoms with Gasteiger partial charge in [-0.2, -0.15) is 0 Å². The fourth-order valence-corrected chi connectivity index (χ4v) is 4.00. The first-order valence-electron chi connectivity index (χ1n) is 9.21. The topological polar surface area (TPSA) is 47.4 Å². The van der Waals surface area contributed by atoms with Crippen molar-refractivity contribution in [3.05, 3.63) is 65.5 Å². The number of carbonyl (C=O) groups excluding carboxylic acids is 1. The lowest BCUT2D eigenvalue weighted by Gasteiger charge is -2.19. The van der Waals surface area contributed by atoms with Gasteiger partial charge in [0.1, 0.15) is 11.6 Å². The van der Waals surface area contributed by atoms with Gasteiger partial charge in [0, 0.05) is 31.5 Å². The van der Waals surface area contributed by atoms with E-state index in [2.05, 4.69) is 17.2 Å². The number of carbonyl (C=O) groups is 1. The molecule has 0 unspecified atom stereocenters. The Balaban J connectivity index is 1.72. The molecule has 0 spiro atoms. The lowest BCUT2D eigenvalue weighted by atomic mass is 10.1. The molecule has 2 heterocycles. The van der Waals surface area contributed by atoms with Crippen LogP contribution in [0.2, 0.25) is 5.02 Å². The Morgan fingerprint density at radius 3 is 2.86 bits per heavy atom. The Morgan fingerprint density at radius 2 is 2.11 bits per heavy atom. The summed E-state index contributed by atoms with van der Waals surface area (Å²) in [5, 5.41) is 0.533. The largest absolute Gasteiger partial charge is 0.497 e. The summed E-state index contributed by atoms with van der Waals surface area (Å²) >= 11 is 6.37. The number of benzene rings is 2. The van der Waals surface area contributed by atoms with Crippen molar-refractivity contribution >= 4 is 34.2 Å². The minimum atomic E-state index is -0.0125. The Bertz CT molecular complexity index is 1070. The number of fused-ring (bicyclic) bond motifs is 1. The summed E-state index contributed by atoms with van der Waals surface area (Å²) in [6, 6.07) is 13.4. The van der Waals surface area contributed by atoms with E-state index in [0.717, 1.165) is 22.4 Å². The molecule has 1 aliphatic heterocycles. The number of anilines is 1. The molecule has 0 radical (unpaired) electrons. The predicted octanol–water partition coefficient (Wildman–Crippen LogP) is 4.79. The van der Waals surface area contributed by atoms with Crippen LogP contribution in [-0.4, -0.2) is 29.1 Å². The second-order valence-electron chi connectivity index (χ2n) is 7.22. The normalized spacial score (nSPS) is 16.8. The second kappa shape index (κ2) is 7.32. The quantitative estimate of drug-likeness (QED) is 0.583. The highest BCUT2D eigenvalue weighted by Gasteiger charge is 2.35. The van der Waals surface area contributed by atoms with E-state index in [1.807, 2.05) is 25.1 Å². The molecular weight excluding hydrogens is 374 g/mol. The van der Waals surface area contributed by atoms with E-state index in [1.54, 1.807) is 30.2 Å². The number of aromatic nitrogens is 2. The number of imidazole rings is 1. The van der Waals surface area contributed by atoms with Gasteiger partial charge < -0.3 is 14.2 Å². The van der Waals surface area contributed by atoms with Gasteiger partial charge in [0.2, 0.25) is 5.91 Å². The minimum absolute atomic E-state index is 0.0125. The van der Waals surface area contributed by atoms with E-state index in [0.29, 0.717) is 36.0 Å². The van der Waals surface area contributed by atoms with Gasteiger partial charge in [0.15, 0.2) is 0 Å². The molecule has 0 bridgehead atoms. The Hall–Kier alpha value is -2.79. The second-order valence-corrected chi connectivity index (χ2v) is 7.63. The number of amides is 1. The summed E-state index contributed by atoms with van der Waals surface area (Å²) in [7, 11) is 1.60. The number of halogens is 1. The first-order chi connectivity index (χ1) is 13.5. The third-order valence-electron chi connectivity index (χ3n) is 5.05. The fraction of sp³-hybridized carbons (Fsp3) is 0.273. The molecule has 0 N–H and O–H groups in total. The average molecular weight is 396 g/mol. The fourth-order valence-electron chi connectivity index (χ4n) is 3.78. The number of ether oxygens (including phenoxy) is 1. The van der Waals surface area contributed by atoms with Gasteiger partial charge in [-0.25, -0.2) is 4.98 Å². The maximum absolute atomic E-state index is 12.8. The molecule has 6 heteroatoms. The predicted molar refractivity (Wildman–Crippen MR) is 112 cm³/mol. The van der Waals surface area contributed by atoms with E-state index in [4.69, 9.17) is 21.3 Å². The highest BCUT2D eigenvalue weighted by Crippen LogP contribution is 2.37. The van der Waals surface area contributed by atoms with Crippen LogP contribution in [0.4, 0.5) is 5.69 Å². The van der Waals surface area contributed by atoms with Crippen LogP contribution in [0.1, 0.15) is 25.1 Å². The summed E-state index contributed by atoms with van der Waals surface area (Å²) in [4.78, 5) is 19.4. The number of nitrogens with zero attached hydrogens (tertiary/aromatic N) is 3. The first-order valence-corrected chi connectivity index (χ1v) is 9.59. The molecule has 1 aromatic heterocycles. The Morgan fingerprint density at radius 1 is 1.32 bits per heavy atom. The van der Waals surface area contributed by atoms with Crippen LogP contribution >= 0.6 is 11.6 Å². The van der Waals surface area contributed by atoms with Crippen molar-refractivity contribution in [2.75, 3.05) is 18.6 Å². The van der Waals surface area contributed by atoms with Gasteiger partial charge in [-0.1, -0.05) is 35.9 Å². The Labute approximate surface area is 169 Å². The van der Waals surface area contributed by atoms with Crippen LogP contribution in [-0.2, 0) is 11.3 Å². The highest BCUT2D eigenvalue weighted by atomic mass is 35.5. The standard InChI is InChI=1S/C22H22ClN3O2/c1-14(2)12-26-19-7-5-4-6-18(19)24-22(26)15-10-21(27)25(13-15)20-11-16(28-3)8-9-17(20)23/h4-9,11,15H,1,10,12-13H2,2-3H3/t15-/m0/s1. The summed E-state index contributed by atoms with van der Waals surface area (Å²) in [6.07, 6.45) is 0.396. The minimum Gasteiger partial charge on any atom is -0.497 e. The lowest BCUT2D eigenvalue weighted by molar-refractivity contribution is -0.117. The highest BCUT2D eigenvalue weighted by molar-refractivity contribution is 6.34. The molecule has 1 aliphatic rings. The lowest BCUT2D eigenvalue weighted by Crippen LogP contribution is -2.25. The van der Waals surface area contributed by atoms with Crippen molar-refractivity contribution in [3.8, 4) is 5.75 Å². The maximum Gasteiger partial charge on any atom is 0.227 e. The van der Waals surface area contributed by atoms with E-state index in [1.165, 1.54) is 0 Å². The zero-order chi connectivity index (χ0) is 19.8. The van der Waals surface area contributed by atoms with E-state index in [9.17, 15) is 4.79 Å². The number of hydrogen-bond acceptors (Lipinski definition) is 3. The maximum atomic E-state index is 12.8. The van der Waals surface area contributed by atoms with Gasteiger partial charge in [0.05, 0.1) is 28.9 Å². The van der Waals surface area contributed by atoms with Crippen molar-refractivity contribution < 1.29 is 9.53 Å². The van der Waals surface area contributed by atoms with Crippen LogP contribution in [0.3, 0.4) is 0 Å². The summed E-state index contributed by atoms with van der Waals surface area (Å²) in [5.74, 6) is 1.61. The summed E-state index contributed by atoms with van der Waals surface area (Å²) in [6.45, 7) is 7.27. The third-order valence-corrected chi connectivity index (χ3v) is 5.37. The van der Waals surface area contributed by atoms with Gasteiger partial charge in [-0.3, -0.25) is 4.79 Å². The molecule has 1 fully saturated rings. The molecule has 144 valence electrons. The number of allylic oxidation sites excluding steroid dienone is 1. The van der Waals surface area contributed by atoms with Crippen molar-refractivity contribution in [1.82, 2.24) is 9.55 Å². The molecule has 5 nitrogen and oxygen atoms in total. The van der Waals surface area contributed by atoms with E-state index in [-0.39, 0.29) is 11.8 Å². The molecule has 0 saturated carbocycles. The number of methoxy groups -OCH3 is 1. The summed E-state index contributed by atoms with van der Waals surface area (Å²) < 4.78 is 7.47. The zero-order valence-corrected chi connectivity index (χ0v) is 16.7. The van der Waals surface area contributed by atoms with E-state index >= 15 is 0 Å². The van der Waals surface area contributed by atoms with Crippen LogP contribution < -0.4 is 9.64 Å². The molecule has 4 rings (SSSR count). The first kappa shape index (κ1) is 18.6. The van der Waals surface area contributed by atoms with E-state index < -0.39 is 0 Å². The van der Waals surface area contributed by atoms with Crippen molar-refractivity contribution in [1.29, 1.82) is 0 Å². The van der Waals surface area contributed by atoms with Crippen molar-refractivity contribution in [3.63, 3.8) is 0 Å². The van der Waals surface area contributed by atoms with Crippen LogP contribution in [0.15, 0.2) is 54.6 Å². The van der Waals surface area contributed by atoms with Gasteiger partial charge in [0.25, 0.3) is 0 Å². The van der Waals surface area contributed by atoms with Gasteiger partial charge in [-0.05, 0) is 31.2 Å². The monoisotopic (exact) mass is 395 g/mol. The number of hydrogen-bond donors (Lipinski definition) is 0. The molecule has 3 aromatic rings. The van der Waals surface area contributed by atoms with Gasteiger partial charge in [-0.15, -0.1) is 0 Å². The SMILES string of the molecule is C=C(C)Cn1c([C@H]2CC(=O)N(c3cc(OC)ccc3Cl)C2)nc2ccccc21. The average Bonchev–Trinajstić information content (AvgIpc) is 3.23. The van der Waals surface area contributed by atoms with Crippen LogP contribution in [0.25, 0.3) is 11.0 Å². The molecule has 1 saturated heterocycles. The third kappa shape index (κ3) is 3.27. The van der Waals surface area contributed by atoms with Crippen LogP contribution in [0.5, 0.6) is 5.75 Å². The smallest absolute Gasteiger partial charge is 0.227 e. The Kier molecular flexibility index (Phi) is 4.85. The molecule has 28 heavy (non-hydrogen) atoms. The molecule has 1 atom stereocenters. The zero-order valence-electron chi connectivity index (χ0n) is 16.0. The van der Waals surface area contributed by atoms with Crippen molar-refractivity contribution in [2.24, 2.45) is 0 Å². The van der Waals surface area contributed by atoms with Crippen LogP contribution in [0, 0.1) is 0 Å². The molecule has 0 aliphatic carbocycles. The number of para-hydroxylation sites is 2. The molecular formula is C22H22ClN3O2.